The van der Waals surface area contributed by atoms with E-state index >= 15 is 0 Å². The zero-order valence-corrected chi connectivity index (χ0v) is 13.0. The van der Waals surface area contributed by atoms with E-state index in [1.807, 2.05) is 12.4 Å². The lowest BCUT2D eigenvalue weighted by Crippen LogP contribution is -2.32. The van der Waals surface area contributed by atoms with Gasteiger partial charge in [0.1, 0.15) is 5.82 Å². The van der Waals surface area contributed by atoms with E-state index in [9.17, 15) is 0 Å². The molecule has 0 amide bonds. The molecule has 0 aliphatic heterocycles. The Kier molecular flexibility index (Phi) is 6.78. The van der Waals surface area contributed by atoms with E-state index in [1.54, 1.807) is 0 Å². The number of hydrogen-bond acceptors (Lipinski definition) is 4. The largest absolute Gasteiger partial charge is 0.355 e. The molecule has 108 valence electrons. The number of aromatic nitrogens is 2. The molecule has 4 heteroatoms. The highest BCUT2D eigenvalue weighted by Crippen LogP contribution is 2.13. The topological polar surface area (TPSA) is 41.1 Å². The Bertz CT molecular complexity index is 336. The summed E-state index contributed by atoms with van der Waals surface area (Å²) in [4.78, 5) is 11.4. The maximum absolute atomic E-state index is 4.56. The fourth-order valence-electron chi connectivity index (χ4n) is 2.00. The monoisotopic (exact) mass is 264 g/mol. The quantitative estimate of drug-likeness (QED) is 0.784. The van der Waals surface area contributed by atoms with Gasteiger partial charge in [0.25, 0.3) is 0 Å². The van der Waals surface area contributed by atoms with Crippen LogP contribution < -0.4 is 10.2 Å². The van der Waals surface area contributed by atoms with Crippen molar-refractivity contribution in [2.75, 3.05) is 24.5 Å². The van der Waals surface area contributed by atoms with Gasteiger partial charge < -0.3 is 10.2 Å². The molecule has 0 fully saturated rings. The minimum Gasteiger partial charge on any atom is -0.355 e. The maximum Gasteiger partial charge on any atom is 0.147 e. The van der Waals surface area contributed by atoms with Crippen molar-refractivity contribution in [3.63, 3.8) is 0 Å². The number of nitrogens with one attached hydrogen (secondary N) is 1. The second-order valence-electron chi connectivity index (χ2n) is 5.84. The first-order chi connectivity index (χ1) is 9.02. The SMILES string of the molecule is CCNCc1cnc(N(CC(C)C)CC(C)C)cn1. The summed E-state index contributed by atoms with van der Waals surface area (Å²) < 4.78 is 0. The molecular weight excluding hydrogens is 236 g/mol. The maximum atomic E-state index is 4.56. The van der Waals surface area contributed by atoms with Crippen LogP contribution in [0, 0.1) is 11.8 Å². The third-order valence-corrected chi connectivity index (χ3v) is 2.74. The lowest BCUT2D eigenvalue weighted by atomic mass is 10.1. The third kappa shape index (κ3) is 6.01. The van der Waals surface area contributed by atoms with Crippen molar-refractivity contribution in [1.82, 2.24) is 15.3 Å². The molecule has 0 aromatic carbocycles. The zero-order chi connectivity index (χ0) is 14.3. The fraction of sp³-hybridized carbons (Fsp3) is 0.733. The Morgan fingerprint density at radius 2 is 1.68 bits per heavy atom. The minimum atomic E-state index is 0.627. The average Bonchev–Trinajstić information content (AvgIpc) is 2.35. The van der Waals surface area contributed by atoms with Crippen LogP contribution in [0.2, 0.25) is 0 Å². The number of nitrogens with zero attached hydrogens (tertiary/aromatic N) is 3. The summed E-state index contributed by atoms with van der Waals surface area (Å²) >= 11 is 0. The summed E-state index contributed by atoms with van der Waals surface area (Å²) in [5.41, 5.74) is 1.000. The van der Waals surface area contributed by atoms with E-state index in [0.29, 0.717) is 11.8 Å². The van der Waals surface area contributed by atoms with E-state index in [4.69, 9.17) is 0 Å². The first-order valence-electron chi connectivity index (χ1n) is 7.29. The van der Waals surface area contributed by atoms with Gasteiger partial charge >= 0.3 is 0 Å². The second kappa shape index (κ2) is 8.10. The van der Waals surface area contributed by atoms with Gasteiger partial charge in [-0.3, -0.25) is 4.98 Å². The predicted octanol–water partition coefficient (Wildman–Crippen LogP) is 2.70. The highest BCUT2D eigenvalue weighted by Gasteiger charge is 2.12. The summed E-state index contributed by atoms with van der Waals surface area (Å²) in [5, 5.41) is 3.26. The third-order valence-electron chi connectivity index (χ3n) is 2.74. The molecule has 0 atom stereocenters. The van der Waals surface area contributed by atoms with Crippen molar-refractivity contribution < 1.29 is 0 Å². The van der Waals surface area contributed by atoms with Gasteiger partial charge in [-0.1, -0.05) is 34.6 Å². The lowest BCUT2D eigenvalue weighted by molar-refractivity contribution is 0.547. The molecule has 0 saturated carbocycles. The molecule has 0 spiro atoms. The summed E-state index contributed by atoms with van der Waals surface area (Å²) in [6.45, 7) is 14.8. The van der Waals surface area contributed by atoms with Gasteiger partial charge in [-0.2, -0.15) is 0 Å². The van der Waals surface area contributed by atoms with Crippen molar-refractivity contribution >= 4 is 5.82 Å². The molecule has 1 N–H and O–H groups in total. The van der Waals surface area contributed by atoms with E-state index in [-0.39, 0.29) is 0 Å². The van der Waals surface area contributed by atoms with E-state index < -0.39 is 0 Å². The minimum absolute atomic E-state index is 0.627. The van der Waals surface area contributed by atoms with Crippen LogP contribution in [-0.4, -0.2) is 29.6 Å². The van der Waals surface area contributed by atoms with Crippen LogP contribution in [0.4, 0.5) is 5.82 Å². The van der Waals surface area contributed by atoms with E-state index in [2.05, 4.69) is 54.8 Å². The predicted molar refractivity (Wildman–Crippen MR) is 81.3 cm³/mol. The Hall–Kier alpha value is -1.16. The van der Waals surface area contributed by atoms with Crippen molar-refractivity contribution in [3.8, 4) is 0 Å². The van der Waals surface area contributed by atoms with Crippen LogP contribution in [0.25, 0.3) is 0 Å². The van der Waals surface area contributed by atoms with E-state index in [1.165, 1.54) is 0 Å². The van der Waals surface area contributed by atoms with Crippen LogP contribution in [0.5, 0.6) is 0 Å². The van der Waals surface area contributed by atoms with Crippen LogP contribution in [0.15, 0.2) is 12.4 Å². The molecule has 0 radical (unpaired) electrons. The van der Waals surface area contributed by atoms with Crippen LogP contribution in [-0.2, 0) is 6.54 Å². The van der Waals surface area contributed by atoms with Crippen molar-refractivity contribution in [2.45, 2.75) is 41.2 Å². The van der Waals surface area contributed by atoms with Gasteiger partial charge in [0.05, 0.1) is 18.1 Å². The van der Waals surface area contributed by atoms with Crippen LogP contribution in [0.1, 0.15) is 40.3 Å². The molecule has 0 aliphatic carbocycles. The van der Waals surface area contributed by atoms with Gasteiger partial charge in [0.2, 0.25) is 0 Å². The van der Waals surface area contributed by atoms with Gasteiger partial charge in [-0.05, 0) is 18.4 Å². The smallest absolute Gasteiger partial charge is 0.147 e. The van der Waals surface area contributed by atoms with E-state index in [0.717, 1.165) is 37.7 Å². The Labute approximate surface area is 117 Å². The van der Waals surface area contributed by atoms with Crippen molar-refractivity contribution in [1.29, 1.82) is 0 Å². The number of anilines is 1. The molecule has 0 bridgehead atoms. The average molecular weight is 264 g/mol. The van der Waals surface area contributed by atoms with Crippen molar-refractivity contribution in [2.24, 2.45) is 11.8 Å². The second-order valence-corrected chi connectivity index (χ2v) is 5.84. The summed E-state index contributed by atoms with van der Waals surface area (Å²) in [7, 11) is 0. The zero-order valence-electron chi connectivity index (χ0n) is 13.0. The molecule has 1 rings (SSSR count). The fourth-order valence-corrected chi connectivity index (χ4v) is 2.00. The van der Waals surface area contributed by atoms with Gasteiger partial charge in [-0.15, -0.1) is 0 Å². The molecule has 1 aromatic heterocycles. The van der Waals surface area contributed by atoms with Crippen molar-refractivity contribution in [3.05, 3.63) is 18.1 Å². The standard InChI is InChI=1S/C15H28N4/c1-6-16-7-14-8-18-15(9-17-14)19(10-12(2)3)11-13(4)5/h8-9,12-13,16H,6-7,10-11H2,1-5H3. The van der Waals surface area contributed by atoms with Gasteiger partial charge in [0, 0.05) is 19.6 Å². The normalized spacial score (nSPS) is 11.3. The first-order valence-corrected chi connectivity index (χ1v) is 7.29. The number of rotatable bonds is 8. The molecule has 0 unspecified atom stereocenters. The van der Waals surface area contributed by atoms with Crippen LogP contribution in [0.3, 0.4) is 0 Å². The molecule has 1 heterocycles. The number of hydrogen-bond donors (Lipinski definition) is 1. The highest BCUT2D eigenvalue weighted by atomic mass is 15.2. The molecule has 1 aromatic rings. The summed E-state index contributed by atoms with van der Waals surface area (Å²) in [5.74, 6) is 2.24. The molecular formula is C15H28N4. The first kappa shape index (κ1) is 15.9. The lowest BCUT2D eigenvalue weighted by Gasteiger charge is -2.27. The van der Waals surface area contributed by atoms with Crippen LogP contribution >= 0.6 is 0 Å². The molecule has 0 aliphatic rings. The summed E-state index contributed by atoms with van der Waals surface area (Å²) in [6, 6.07) is 0. The highest BCUT2D eigenvalue weighted by molar-refractivity contribution is 5.35. The summed E-state index contributed by atoms with van der Waals surface area (Å²) in [6.07, 6.45) is 3.78. The van der Waals surface area contributed by atoms with Gasteiger partial charge in [-0.25, -0.2) is 4.98 Å². The Balaban J connectivity index is 2.72. The Morgan fingerprint density at radius 3 is 2.11 bits per heavy atom. The Morgan fingerprint density at radius 1 is 1.05 bits per heavy atom. The molecule has 19 heavy (non-hydrogen) atoms. The molecule has 4 nitrogen and oxygen atoms in total. The van der Waals surface area contributed by atoms with Gasteiger partial charge in [0.15, 0.2) is 0 Å². The molecule has 0 saturated heterocycles.